The van der Waals surface area contributed by atoms with Crippen molar-refractivity contribution in [3.8, 4) is 17.6 Å². The number of nitrogens with zero attached hydrogens (tertiary/aromatic N) is 2. The summed E-state index contributed by atoms with van der Waals surface area (Å²) in [5.41, 5.74) is 0.283. The van der Waals surface area contributed by atoms with E-state index in [9.17, 15) is 9.59 Å². The van der Waals surface area contributed by atoms with Crippen molar-refractivity contribution in [2.24, 2.45) is 0 Å². The Morgan fingerprint density at radius 1 is 1.41 bits per heavy atom. The molecule has 0 saturated heterocycles. The van der Waals surface area contributed by atoms with Gasteiger partial charge in [0, 0.05) is 18.8 Å². The molecule has 0 unspecified atom stereocenters. The monoisotopic (exact) mass is 299 g/mol. The number of carbonyl (C=O) groups excluding carboxylic acids is 1. The van der Waals surface area contributed by atoms with Gasteiger partial charge in [0.25, 0.3) is 5.91 Å². The molecule has 1 aromatic carbocycles. The third-order valence-electron chi connectivity index (χ3n) is 3.49. The summed E-state index contributed by atoms with van der Waals surface area (Å²) in [6.07, 6.45) is 1.50. The van der Waals surface area contributed by atoms with Crippen LogP contribution in [0, 0.1) is 11.3 Å². The highest BCUT2D eigenvalue weighted by Gasteiger charge is 2.20. The standard InChI is InChI=1S/C15H13N3O4/c1-2-18-7-10(15(20)17-4-3-16)14(19)9-5-12-13(6-11(9)18)22-8-21-12/h5-7H,2,4,8H2,1H3,(H,17,20). The van der Waals surface area contributed by atoms with Crippen LogP contribution in [0.2, 0.25) is 0 Å². The summed E-state index contributed by atoms with van der Waals surface area (Å²) in [4.78, 5) is 24.6. The number of nitrogens with one attached hydrogen (secondary N) is 1. The molecule has 1 aromatic heterocycles. The minimum atomic E-state index is -0.562. The number of carbonyl (C=O) groups is 1. The maximum absolute atomic E-state index is 12.5. The van der Waals surface area contributed by atoms with Crippen LogP contribution in [-0.2, 0) is 6.54 Å². The van der Waals surface area contributed by atoms with Gasteiger partial charge in [-0.25, -0.2) is 0 Å². The molecular weight excluding hydrogens is 286 g/mol. The van der Waals surface area contributed by atoms with E-state index in [-0.39, 0.29) is 18.9 Å². The van der Waals surface area contributed by atoms with Crippen molar-refractivity contribution < 1.29 is 14.3 Å². The fraction of sp³-hybridized carbons (Fsp3) is 0.267. The van der Waals surface area contributed by atoms with E-state index in [0.29, 0.717) is 28.9 Å². The van der Waals surface area contributed by atoms with Gasteiger partial charge in [0.2, 0.25) is 12.2 Å². The number of rotatable bonds is 3. The van der Waals surface area contributed by atoms with Gasteiger partial charge in [-0.15, -0.1) is 0 Å². The predicted molar refractivity (Wildman–Crippen MR) is 78.0 cm³/mol. The zero-order valence-corrected chi connectivity index (χ0v) is 11.9. The van der Waals surface area contributed by atoms with Gasteiger partial charge < -0.3 is 19.4 Å². The fourth-order valence-electron chi connectivity index (χ4n) is 2.42. The van der Waals surface area contributed by atoms with Gasteiger partial charge in [0.1, 0.15) is 12.1 Å². The van der Waals surface area contributed by atoms with Crippen molar-refractivity contribution in [1.29, 1.82) is 5.26 Å². The summed E-state index contributed by atoms with van der Waals surface area (Å²) < 4.78 is 12.4. The first-order chi connectivity index (χ1) is 10.7. The van der Waals surface area contributed by atoms with Crippen LogP contribution in [0.25, 0.3) is 10.9 Å². The highest BCUT2D eigenvalue weighted by Crippen LogP contribution is 2.35. The number of hydrogen-bond acceptors (Lipinski definition) is 5. The second-order valence-corrected chi connectivity index (χ2v) is 4.72. The lowest BCUT2D eigenvalue weighted by atomic mass is 10.1. The van der Waals surface area contributed by atoms with Crippen molar-refractivity contribution in [2.75, 3.05) is 13.3 Å². The van der Waals surface area contributed by atoms with Gasteiger partial charge in [0.05, 0.1) is 17.0 Å². The van der Waals surface area contributed by atoms with Crippen LogP contribution in [0.5, 0.6) is 11.5 Å². The van der Waals surface area contributed by atoms with Gasteiger partial charge >= 0.3 is 0 Å². The average Bonchev–Trinajstić information content (AvgIpc) is 2.99. The first-order valence-electron chi connectivity index (χ1n) is 6.77. The van der Waals surface area contributed by atoms with E-state index >= 15 is 0 Å². The lowest BCUT2D eigenvalue weighted by Crippen LogP contribution is -2.30. The summed E-state index contributed by atoms with van der Waals surface area (Å²) >= 11 is 0. The van der Waals surface area contributed by atoms with Crippen LogP contribution in [-0.4, -0.2) is 23.8 Å². The zero-order valence-electron chi connectivity index (χ0n) is 11.9. The van der Waals surface area contributed by atoms with E-state index in [1.54, 1.807) is 16.7 Å². The number of amides is 1. The molecule has 3 rings (SSSR count). The van der Waals surface area contributed by atoms with E-state index < -0.39 is 11.3 Å². The van der Waals surface area contributed by atoms with Crippen LogP contribution in [0.4, 0.5) is 0 Å². The molecular formula is C15H13N3O4. The molecule has 0 bridgehead atoms. The lowest BCUT2D eigenvalue weighted by molar-refractivity contribution is 0.0957. The van der Waals surface area contributed by atoms with Crippen LogP contribution in [0.1, 0.15) is 17.3 Å². The largest absolute Gasteiger partial charge is 0.454 e. The molecule has 1 N–H and O–H groups in total. The van der Waals surface area contributed by atoms with Gasteiger partial charge in [-0.1, -0.05) is 0 Å². The maximum Gasteiger partial charge on any atom is 0.257 e. The first kappa shape index (κ1) is 13.9. The minimum absolute atomic E-state index is 0.00321. The molecule has 7 nitrogen and oxygen atoms in total. The molecule has 0 atom stereocenters. The number of nitriles is 1. The van der Waals surface area contributed by atoms with Crippen LogP contribution >= 0.6 is 0 Å². The maximum atomic E-state index is 12.5. The molecule has 0 fully saturated rings. The molecule has 22 heavy (non-hydrogen) atoms. The van der Waals surface area contributed by atoms with Crippen LogP contribution in [0.3, 0.4) is 0 Å². The van der Waals surface area contributed by atoms with Crippen molar-refractivity contribution >= 4 is 16.8 Å². The number of ether oxygens (including phenoxy) is 2. The highest BCUT2D eigenvalue weighted by atomic mass is 16.7. The number of aryl methyl sites for hydroxylation is 1. The quantitative estimate of drug-likeness (QED) is 0.853. The molecule has 112 valence electrons. The van der Waals surface area contributed by atoms with Gasteiger partial charge in [-0.05, 0) is 13.0 Å². The van der Waals surface area contributed by atoms with E-state index in [1.165, 1.54) is 6.20 Å². The Morgan fingerprint density at radius 3 is 2.82 bits per heavy atom. The molecule has 1 aliphatic heterocycles. The molecule has 0 saturated carbocycles. The Hall–Kier alpha value is -3.01. The molecule has 7 heteroatoms. The Labute approximate surface area is 125 Å². The number of aromatic nitrogens is 1. The van der Waals surface area contributed by atoms with E-state index in [4.69, 9.17) is 14.7 Å². The minimum Gasteiger partial charge on any atom is -0.454 e. The zero-order chi connectivity index (χ0) is 15.7. The third-order valence-corrected chi connectivity index (χ3v) is 3.49. The molecule has 0 radical (unpaired) electrons. The predicted octanol–water partition coefficient (Wildman–Crippen LogP) is 1.00. The second kappa shape index (κ2) is 5.41. The summed E-state index contributed by atoms with van der Waals surface area (Å²) in [6.45, 7) is 2.45. The number of hydrogen-bond donors (Lipinski definition) is 1. The second-order valence-electron chi connectivity index (χ2n) is 4.72. The SMILES string of the molecule is CCn1cc(C(=O)NCC#N)c(=O)c2cc3c(cc21)OCO3. The van der Waals surface area contributed by atoms with E-state index in [0.717, 1.165) is 0 Å². The van der Waals surface area contributed by atoms with Gasteiger partial charge in [-0.2, -0.15) is 5.26 Å². The molecule has 1 aliphatic rings. The Morgan fingerprint density at radius 2 is 2.14 bits per heavy atom. The van der Waals surface area contributed by atoms with Crippen LogP contribution < -0.4 is 20.2 Å². The summed E-state index contributed by atoms with van der Waals surface area (Å²) in [5, 5.41) is 11.3. The third kappa shape index (κ3) is 2.15. The fourth-order valence-corrected chi connectivity index (χ4v) is 2.42. The smallest absolute Gasteiger partial charge is 0.257 e. The normalized spacial score (nSPS) is 12.2. The lowest BCUT2D eigenvalue weighted by Gasteiger charge is -2.12. The summed E-state index contributed by atoms with van der Waals surface area (Å²) in [6, 6.07) is 5.14. The first-order valence-corrected chi connectivity index (χ1v) is 6.77. The van der Waals surface area contributed by atoms with Crippen LogP contribution in [0.15, 0.2) is 23.1 Å². The van der Waals surface area contributed by atoms with Gasteiger partial charge in [0.15, 0.2) is 11.5 Å². The summed E-state index contributed by atoms with van der Waals surface area (Å²) in [7, 11) is 0. The molecule has 2 heterocycles. The number of fused-ring (bicyclic) bond motifs is 2. The topological polar surface area (TPSA) is 93.4 Å². The number of benzene rings is 1. The van der Waals surface area contributed by atoms with Crippen molar-refractivity contribution in [2.45, 2.75) is 13.5 Å². The molecule has 0 aliphatic carbocycles. The van der Waals surface area contributed by atoms with Gasteiger partial charge in [-0.3, -0.25) is 9.59 Å². The molecule has 1 amide bonds. The Kier molecular flexibility index (Phi) is 3.43. The van der Waals surface area contributed by atoms with E-state index in [2.05, 4.69) is 5.32 Å². The van der Waals surface area contributed by atoms with Crippen molar-refractivity contribution in [3.05, 3.63) is 34.1 Å². The Bertz CT molecular complexity index is 864. The van der Waals surface area contributed by atoms with Crippen molar-refractivity contribution in [3.63, 3.8) is 0 Å². The average molecular weight is 299 g/mol. The van der Waals surface area contributed by atoms with E-state index in [1.807, 2.05) is 13.0 Å². The highest BCUT2D eigenvalue weighted by molar-refractivity contribution is 5.98. The van der Waals surface area contributed by atoms with Crippen molar-refractivity contribution in [1.82, 2.24) is 9.88 Å². The molecule has 0 spiro atoms. The Balaban J connectivity index is 2.22. The number of pyridine rings is 1. The molecule has 2 aromatic rings. The summed E-state index contributed by atoms with van der Waals surface area (Å²) in [5.74, 6) is 0.505.